The van der Waals surface area contributed by atoms with E-state index in [2.05, 4.69) is 33.4 Å². The third kappa shape index (κ3) is 3.48. The predicted molar refractivity (Wildman–Crippen MR) is 98.6 cm³/mol. The minimum atomic E-state index is 0.0256. The third-order valence-electron chi connectivity index (χ3n) is 6.63. The lowest BCUT2D eigenvalue weighted by molar-refractivity contribution is -0.138. The molecule has 0 spiro atoms. The van der Waals surface area contributed by atoms with Crippen molar-refractivity contribution < 1.29 is 4.79 Å². The molecule has 1 saturated carbocycles. The topological polar surface area (TPSA) is 61.0 Å². The van der Waals surface area contributed by atoms with Gasteiger partial charge in [-0.2, -0.15) is 5.10 Å². The fourth-order valence-electron chi connectivity index (χ4n) is 4.82. The highest BCUT2D eigenvalue weighted by molar-refractivity contribution is 5.85. The molecule has 2 saturated heterocycles. The second-order valence-corrected chi connectivity index (χ2v) is 8.37. The van der Waals surface area contributed by atoms with E-state index >= 15 is 0 Å². The first-order valence-corrected chi connectivity index (χ1v) is 10.3. The third-order valence-corrected chi connectivity index (χ3v) is 6.63. The van der Waals surface area contributed by atoms with E-state index in [1.807, 2.05) is 0 Å². The molecule has 1 amide bonds. The molecular weight excluding hydrogens is 312 g/mol. The first-order valence-electron chi connectivity index (χ1n) is 10.3. The summed E-state index contributed by atoms with van der Waals surface area (Å²) in [4.78, 5) is 15.0. The number of piperidine rings is 2. The molecule has 1 aromatic heterocycles. The summed E-state index contributed by atoms with van der Waals surface area (Å²) in [5.41, 5.74) is 2.56. The van der Waals surface area contributed by atoms with Gasteiger partial charge < -0.3 is 10.2 Å². The number of carbonyl (C=O) groups is 1. The fourth-order valence-corrected chi connectivity index (χ4v) is 4.82. The minimum Gasteiger partial charge on any atom is -0.342 e. The van der Waals surface area contributed by atoms with Crippen LogP contribution in [0.1, 0.15) is 81.5 Å². The van der Waals surface area contributed by atoms with Crippen molar-refractivity contribution >= 4 is 5.91 Å². The first kappa shape index (κ1) is 17.1. The lowest BCUT2D eigenvalue weighted by Gasteiger charge is -2.34. The normalized spacial score (nSPS) is 24.4. The Labute approximate surface area is 150 Å². The second kappa shape index (κ2) is 7.10. The summed E-state index contributed by atoms with van der Waals surface area (Å²) < 4.78 is 0. The van der Waals surface area contributed by atoms with Crippen LogP contribution in [0.5, 0.6) is 0 Å². The minimum absolute atomic E-state index is 0.0256. The van der Waals surface area contributed by atoms with Crippen molar-refractivity contribution in [3.05, 3.63) is 17.5 Å². The van der Waals surface area contributed by atoms with E-state index in [0.29, 0.717) is 17.7 Å². The molecule has 0 radical (unpaired) electrons. The van der Waals surface area contributed by atoms with Crippen LogP contribution >= 0.6 is 0 Å². The maximum atomic E-state index is 12.8. The maximum Gasteiger partial charge on any atom is 0.228 e. The van der Waals surface area contributed by atoms with Crippen LogP contribution in [0.3, 0.4) is 0 Å². The van der Waals surface area contributed by atoms with Crippen LogP contribution in [-0.4, -0.2) is 47.2 Å². The van der Waals surface area contributed by atoms with Gasteiger partial charge in [-0.05, 0) is 64.1 Å². The van der Waals surface area contributed by atoms with Crippen LogP contribution in [0.25, 0.3) is 0 Å². The fraction of sp³-hybridized carbons (Fsp3) is 0.800. The van der Waals surface area contributed by atoms with E-state index < -0.39 is 0 Å². The molecule has 5 nitrogen and oxygen atoms in total. The van der Waals surface area contributed by atoms with Gasteiger partial charge in [-0.25, -0.2) is 0 Å². The van der Waals surface area contributed by atoms with E-state index in [9.17, 15) is 4.79 Å². The number of nitrogens with zero attached hydrogens (tertiary/aromatic N) is 2. The molecule has 5 heteroatoms. The smallest absolute Gasteiger partial charge is 0.228 e. The first-order chi connectivity index (χ1) is 12.2. The van der Waals surface area contributed by atoms with Crippen molar-refractivity contribution in [2.24, 2.45) is 5.41 Å². The number of hydrogen-bond acceptors (Lipinski definition) is 3. The molecule has 4 rings (SSSR count). The van der Waals surface area contributed by atoms with Gasteiger partial charge in [-0.3, -0.25) is 9.89 Å². The van der Waals surface area contributed by atoms with Crippen LogP contribution in [0.2, 0.25) is 0 Å². The lowest BCUT2D eigenvalue weighted by Crippen LogP contribution is -2.42. The highest BCUT2D eigenvalue weighted by Gasteiger charge is 2.50. The summed E-state index contributed by atoms with van der Waals surface area (Å²) in [6.07, 6.45) is 8.94. The molecule has 2 aliphatic heterocycles. The van der Waals surface area contributed by atoms with Crippen LogP contribution in [-0.2, 0) is 4.79 Å². The number of hydrogen-bond donors (Lipinski definition) is 2. The molecule has 3 aliphatic rings. The second-order valence-electron chi connectivity index (χ2n) is 8.37. The van der Waals surface area contributed by atoms with Gasteiger partial charge in [0.05, 0.1) is 5.69 Å². The summed E-state index contributed by atoms with van der Waals surface area (Å²) >= 11 is 0. The average molecular weight is 345 g/mol. The van der Waals surface area contributed by atoms with E-state index in [-0.39, 0.29) is 5.41 Å². The summed E-state index contributed by atoms with van der Waals surface area (Å²) in [5.74, 6) is 1.58. The Balaban J connectivity index is 1.33. The highest BCUT2D eigenvalue weighted by atomic mass is 16.2. The standard InChI is InChI=1S/C20H32N4O/c1-2-7-20(8-9-20)19(25)24-12-5-16(6-13-24)18-14-17(22-23-18)15-3-10-21-11-4-15/h14-16,21H,2-13H2,1H3,(H,22,23). The van der Waals surface area contributed by atoms with Crippen molar-refractivity contribution in [3.63, 3.8) is 0 Å². The van der Waals surface area contributed by atoms with E-state index in [1.54, 1.807) is 0 Å². The number of amides is 1. The zero-order valence-corrected chi connectivity index (χ0v) is 15.5. The Morgan fingerprint density at radius 3 is 2.56 bits per heavy atom. The Bertz CT molecular complexity index is 593. The van der Waals surface area contributed by atoms with Crippen molar-refractivity contribution in [2.45, 2.75) is 70.1 Å². The zero-order valence-electron chi connectivity index (χ0n) is 15.5. The molecular formula is C20H32N4O. The Morgan fingerprint density at radius 2 is 1.92 bits per heavy atom. The molecule has 1 aliphatic carbocycles. The van der Waals surface area contributed by atoms with E-state index in [1.165, 1.54) is 24.2 Å². The maximum absolute atomic E-state index is 12.8. The highest BCUT2D eigenvalue weighted by Crippen LogP contribution is 2.51. The molecule has 0 bridgehead atoms. The molecule has 3 heterocycles. The number of rotatable bonds is 5. The Kier molecular flexibility index (Phi) is 4.85. The molecule has 25 heavy (non-hydrogen) atoms. The molecule has 2 N–H and O–H groups in total. The number of aromatic amines is 1. The van der Waals surface area contributed by atoms with Crippen LogP contribution < -0.4 is 5.32 Å². The SMILES string of the molecule is CCCC1(C(=O)N2CCC(c3cc(C4CCNCC4)n[nH]3)CC2)CC1. The predicted octanol–water partition coefficient (Wildman–Crippen LogP) is 3.16. The van der Waals surface area contributed by atoms with Gasteiger partial charge in [0.1, 0.15) is 0 Å². The van der Waals surface area contributed by atoms with Crippen LogP contribution in [0, 0.1) is 5.41 Å². The molecule has 3 fully saturated rings. The van der Waals surface area contributed by atoms with Crippen molar-refractivity contribution in [3.8, 4) is 0 Å². The summed E-state index contributed by atoms with van der Waals surface area (Å²) in [6.45, 7) is 6.23. The molecule has 1 aromatic rings. The monoisotopic (exact) mass is 344 g/mol. The van der Waals surface area contributed by atoms with Gasteiger partial charge in [0.15, 0.2) is 0 Å². The Hall–Kier alpha value is -1.36. The van der Waals surface area contributed by atoms with Gasteiger partial charge in [0.2, 0.25) is 5.91 Å². The number of aromatic nitrogens is 2. The van der Waals surface area contributed by atoms with Gasteiger partial charge in [-0.15, -0.1) is 0 Å². The molecule has 0 unspecified atom stereocenters. The number of likely N-dealkylation sites (tertiary alicyclic amines) is 1. The molecule has 0 atom stereocenters. The van der Waals surface area contributed by atoms with Crippen LogP contribution in [0.4, 0.5) is 0 Å². The van der Waals surface area contributed by atoms with Gasteiger partial charge in [0, 0.05) is 36.0 Å². The van der Waals surface area contributed by atoms with Gasteiger partial charge in [-0.1, -0.05) is 13.3 Å². The summed E-state index contributed by atoms with van der Waals surface area (Å²) in [6, 6.07) is 2.30. The number of H-pyrrole nitrogens is 1. The summed E-state index contributed by atoms with van der Waals surface area (Å²) in [5, 5.41) is 11.3. The van der Waals surface area contributed by atoms with Gasteiger partial charge in [0.25, 0.3) is 0 Å². The quantitative estimate of drug-likeness (QED) is 0.862. The van der Waals surface area contributed by atoms with Gasteiger partial charge >= 0.3 is 0 Å². The molecule has 138 valence electrons. The van der Waals surface area contributed by atoms with Crippen molar-refractivity contribution in [1.82, 2.24) is 20.4 Å². The largest absolute Gasteiger partial charge is 0.342 e. The number of nitrogens with one attached hydrogen (secondary N) is 2. The summed E-state index contributed by atoms with van der Waals surface area (Å²) in [7, 11) is 0. The lowest BCUT2D eigenvalue weighted by atomic mass is 9.89. The van der Waals surface area contributed by atoms with E-state index in [4.69, 9.17) is 0 Å². The Morgan fingerprint density at radius 1 is 1.20 bits per heavy atom. The van der Waals surface area contributed by atoms with Crippen molar-refractivity contribution in [2.75, 3.05) is 26.2 Å². The molecule has 0 aromatic carbocycles. The zero-order chi connectivity index (χ0) is 17.3. The number of carbonyl (C=O) groups excluding carboxylic acids is 1. The average Bonchev–Trinajstić information content (AvgIpc) is 3.28. The van der Waals surface area contributed by atoms with E-state index in [0.717, 1.165) is 64.7 Å². The van der Waals surface area contributed by atoms with Crippen molar-refractivity contribution in [1.29, 1.82) is 0 Å². The van der Waals surface area contributed by atoms with Crippen LogP contribution in [0.15, 0.2) is 6.07 Å².